The second-order valence-corrected chi connectivity index (χ2v) is 8.33. The Balaban J connectivity index is 1.66. The predicted molar refractivity (Wildman–Crippen MR) is 97.6 cm³/mol. The molecule has 1 aromatic rings. The first-order valence-corrected chi connectivity index (χ1v) is 9.45. The Hall–Kier alpha value is -1.53. The van der Waals surface area contributed by atoms with Crippen LogP contribution in [-0.4, -0.2) is 59.6 Å². The average Bonchev–Trinajstić information content (AvgIpc) is 2.55. The Morgan fingerprint density at radius 3 is 2.67 bits per heavy atom. The minimum atomic E-state index is -0.0897. The summed E-state index contributed by atoms with van der Waals surface area (Å²) < 4.78 is 0. The lowest BCUT2D eigenvalue weighted by atomic mass is 10.1. The van der Waals surface area contributed by atoms with E-state index in [1.165, 1.54) is 11.8 Å². The summed E-state index contributed by atoms with van der Waals surface area (Å²) in [6, 6.07) is 5.63. The highest BCUT2D eigenvalue weighted by Crippen LogP contribution is 2.36. The van der Waals surface area contributed by atoms with Crippen molar-refractivity contribution in [1.29, 1.82) is 0 Å². The van der Waals surface area contributed by atoms with Crippen LogP contribution >= 0.6 is 11.8 Å². The zero-order valence-corrected chi connectivity index (χ0v) is 15.4. The van der Waals surface area contributed by atoms with Crippen molar-refractivity contribution in [3.8, 4) is 0 Å². The van der Waals surface area contributed by atoms with Gasteiger partial charge in [-0.25, -0.2) is 0 Å². The van der Waals surface area contributed by atoms with E-state index in [2.05, 4.69) is 24.1 Å². The van der Waals surface area contributed by atoms with E-state index in [-0.39, 0.29) is 17.1 Å². The van der Waals surface area contributed by atoms with Crippen LogP contribution < -0.4 is 5.32 Å². The first-order chi connectivity index (χ1) is 11.4. The molecule has 2 heterocycles. The van der Waals surface area contributed by atoms with Crippen LogP contribution in [0.1, 0.15) is 31.1 Å². The van der Waals surface area contributed by atoms with Gasteiger partial charge in [-0.3, -0.25) is 14.5 Å². The number of hydrogen-bond donors (Lipinski definition) is 1. The van der Waals surface area contributed by atoms with Gasteiger partial charge in [0.05, 0.1) is 10.9 Å². The van der Waals surface area contributed by atoms with Crippen LogP contribution in [0.15, 0.2) is 23.1 Å². The molecule has 1 N–H and O–H groups in total. The third-order valence-corrected chi connectivity index (χ3v) is 5.62. The van der Waals surface area contributed by atoms with Gasteiger partial charge in [0.2, 0.25) is 5.91 Å². The lowest BCUT2D eigenvalue weighted by Crippen LogP contribution is -2.49. The van der Waals surface area contributed by atoms with E-state index in [4.69, 9.17) is 0 Å². The molecular weight excluding hydrogens is 322 g/mol. The fourth-order valence-electron chi connectivity index (χ4n) is 3.17. The first kappa shape index (κ1) is 17.3. The number of carbonyl (C=O) groups is 2. The maximum Gasteiger partial charge on any atom is 0.254 e. The van der Waals surface area contributed by atoms with Gasteiger partial charge < -0.3 is 10.2 Å². The summed E-state index contributed by atoms with van der Waals surface area (Å²) in [7, 11) is 0. The second-order valence-electron chi connectivity index (χ2n) is 6.95. The first-order valence-electron chi connectivity index (χ1n) is 8.57. The van der Waals surface area contributed by atoms with Crippen LogP contribution in [-0.2, 0) is 4.79 Å². The maximum absolute atomic E-state index is 12.7. The number of benzene rings is 1. The van der Waals surface area contributed by atoms with Crippen molar-refractivity contribution < 1.29 is 9.59 Å². The molecule has 0 radical (unpaired) electrons. The van der Waals surface area contributed by atoms with Gasteiger partial charge in [-0.2, -0.15) is 0 Å². The second kappa shape index (κ2) is 7.15. The Bertz CT molecular complexity index is 639. The Kier molecular flexibility index (Phi) is 5.15. The van der Waals surface area contributed by atoms with Crippen molar-refractivity contribution in [3.05, 3.63) is 23.8 Å². The topological polar surface area (TPSA) is 52.6 Å². The van der Waals surface area contributed by atoms with E-state index in [0.29, 0.717) is 11.5 Å². The highest BCUT2D eigenvalue weighted by atomic mass is 32.2. The number of piperazine rings is 1. The van der Waals surface area contributed by atoms with E-state index in [1.54, 1.807) is 0 Å². The molecule has 0 unspecified atom stereocenters. The summed E-state index contributed by atoms with van der Waals surface area (Å²) in [6.07, 6.45) is 0. The largest absolute Gasteiger partial charge is 0.336 e. The van der Waals surface area contributed by atoms with Gasteiger partial charge in [-0.05, 0) is 31.0 Å². The molecule has 0 aliphatic carbocycles. The lowest BCUT2D eigenvalue weighted by molar-refractivity contribution is -0.115. The number of nitrogens with zero attached hydrogens (tertiary/aromatic N) is 2. The van der Waals surface area contributed by atoms with Crippen molar-refractivity contribution in [2.75, 3.05) is 38.0 Å². The maximum atomic E-state index is 12.7. The van der Waals surface area contributed by atoms with E-state index in [9.17, 15) is 9.59 Å². The molecule has 130 valence electrons. The number of nitrogens with one attached hydrogen (secondary N) is 1. The highest BCUT2D eigenvalue weighted by Gasteiger charge is 2.26. The van der Waals surface area contributed by atoms with Crippen LogP contribution in [0, 0.1) is 5.92 Å². The number of amides is 2. The molecule has 3 rings (SSSR count). The summed E-state index contributed by atoms with van der Waals surface area (Å²) in [4.78, 5) is 29.9. The fourth-order valence-corrected chi connectivity index (χ4v) is 4.10. The summed E-state index contributed by atoms with van der Waals surface area (Å²) in [5.74, 6) is 0.704. The van der Waals surface area contributed by atoms with Gasteiger partial charge in [0.15, 0.2) is 0 Å². The molecule has 0 aromatic heterocycles. The molecule has 1 atom stereocenters. The molecule has 0 bridgehead atoms. The van der Waals surface area contributed by atoms with Crippen LogP contribution in [0.4, 0.5) is 5.69 Å². The molecule has 0 saturated carbocycles. The van der Waals surface area contributed by atoms with Crippen LogP contribution in [0.2, 0.25) is 0 Å². The molecular formula is C18H25N3O2S. The Labute approximate surface area is 147 Å². The van der Waals surface area contributed by atoms with Gasteiger partial charge in [-0.15, -0.1) is 11.8 Å². The molecule has 1 fully saturated rings. The third kappa shape index (κ3) is 3.75. The molecule has 24 heavy (non-hydrogen) atoms. The van der Waals surface area contributed by atoms with Crippen molar-refractivity contribution in [3.63, 3.8) is 0 Å². The molecule has 1 aromatic carbocycles. The monoisotopic (exact) mass is 347 g/mol. The molecule has 2 aliphatic heterocycles. The minimum absolute atomic E-state index is 0.000557. The van der Waals surface area contributed by atoms with Gasteiger partial charge in [-0.1, -0.05) is 13.8 Å². The number of anilines is 1. The number of fused-ring (bicyclic) bond motifs is 1. The van der Waals surface area contributed by atoms with Gasteiger partial charge in [0, 0.05) is 43.2 Å². The molecule has 5 nitrogen and oxygen atoms in total. The van der Waals surface area contributed by atoms with Gasteiger partial charge in [0.25, 0.3) is 5.91 Å². The number of hydrogen-bond acceptors (Lipinski definition) is 4. The van der Waals surface area contributed by atoms with Crippen LogP contribution in [0.25, 0.3) is 0 Å². The SMILES string of the molecule is CC(C)CN1CCN(C(=O)c2ccc3c(c2)NC(=O)[C@H](C)S3)CC1. The number of thioether (sulfide) groups is 1. The molecule has 6 heteroatoms. The summed E-state index contributed by atoms with van der Waals surface area (Å²) in [5, 5.41) is 2.81. The smallest absolute Gasteiger partial charge is 0.254 e. The Morgan fingerprint density at radius 1 is 1.29 bits per heavy atom. The van der Waals surface area contributed by atoms with Crippen molar-refractivity contribution in [2.24, 2.45) is 5.92 Å². The molecule has 2 amide bonds. The van der Waals surface area contributed by atoms with E-state index < -0.39 is 0 Å². The van der Waals surface area contributed by atoms with E-state index in [0.717, 1.165) is 43.3 Å². The molecule has 1 saturated heterocycles. The van der Waals surface area contributed by atoms with E-state index >= 15 is 0 Å². The highest BCUT2D eigenvalue weighted by molar-refractivity contribution is 8.00. The quantitative estimate of drug-likeness (QED) is 0.913. The molecule has 2 aliphatic rings. The summed E-state index contributed by atoms with van der Waals surface area (Å²) >= 11 is 1.54. The van der Waals surface area contributed by atoms with Gasteiger partial charge >= 0.3 is 0 Å². The third-order valence-electron chi connectivity index (χ3n) is 4.44. The fraction of sp³-hybridized carbons (Fsp3) is 0.556. The lowest BCUT2D eigenvalue weighted by Gasteiger charge is -2.35. The zero-order valence-electron chi connectivity index (χ0n) is 14.5. The Morgan fingerprint density at radius 2 is 2.00 bits per heavy atom. The minimum Gasteiger partial charge on any atom is -0.336 e. The number of carbonyl (C=O) groups excluding carboxylic acids is 2. The van der Waals surface area contributed by atoms with Crippen molar-refractivity contribution in [1.82, 2.24) is 9.80 Å². The summed E-state index contributed by atoms with van der Waals surface area (Å²) in [5.41, 5.74) is 1.41. The number of rotatable bonds is 3. The van der Waals surface area contributed by atoms with E-state index in [1.807, 2.05) is 30.0 Å². The average molecular weight is 347 g/mol. The van der Waals surface area contributed by atoms with Crippen molar-refractivity contribution in [2.45, 2.75) is 30.9 Å². The van der Waals surface area contributed by atoms with Crippen LogP contribution in [0.3, 0.4) is 0 Å². The van der Waals surface area contributed by atoms with Crippen molar-refractivity contribution >= 4 is 29.3 Å². The summed E-state index contributed by atoms with van der Waals surface area (Å²) in [6.45, 7) is 10.8. The standard InChI is InChI=1S/C18H25N3O2S/c1-12(2)11-20-6-8-21(9-7-20)18(23)14-4-5-16-15(10-14)19-17(22)13(3)24-16/h4-5,10,12-13H,6-9,11H2,1-3H3,(H,19,22)/t13-/m0/s1. The predicted octanol–water partition coefficient (Wildman–Crippen LogP) is 2.53. The zero-order chi connectivity index (χ0) is 17.3. The normalized spacial score (nSPS) is 21.6. The van der Waals surface area contributed by atoms with Gasteiger partial charge in [0.1, 0.15) is 0 Å². The van der Waals surface area contributed by atoms with Crippen LogP contribution in [0.5, 0.6) is 0 Å². The molecule has 0 spiro atoms.